The molecule has 0 N–H and O–H groups in total. The largest absolute Gasteiger partial charge is 0.484 e. The Bertz CT molecular complexity index is 1830. The molecule has 6 nitrogen and oxygen atoms in total. The molecule has 0 aromatic heterocycles. The highest BCUT2D eigenvalue weighted by Gasteiger charge is 2.55. The summed E-state index contributed by atoms with van der Waals surface area (Å²) in [6.45, 7) is -0.323. The minimum Gasteiger partial charge on any atom is -0.484 e. The predicted octanol–water partition coefficient (Wildman–Crippen LogP) is 9.46. The van der Waals surface area contributed by atoms with Crippen molar-refractivity contribution in [2.75, 3.05) is 20.3 Å². The smallest absolute Gasteiger partial charge is 0.422 e. The van der Waals surface area contributed by atoms with Gasteiger partial charge in [-0.1, -0.05) is 121 Å². The van der Waals surface area contributed by atoms with Crippen molar-refractivity contribution in [1.82, 2.24) is 0 Å². The molecule has 0 radical (unpaired) electrons. The molecule has 1 fully saturated rings. The van der Waals surface area contributed by atoms with Gasteiger partial charge in [-0.05, 0) is 58.5 Å². The maximum atomic E-state index is 12.7. The van der Waals surface area contributed by atoms with Crippen LogP contribution in [0.5, 0.6) is 5.75 Å². The maximum Gasteiger partial charge on any atom is 0.422 e. The van der Waals surface area contributed by atoms with Crippen LogP contribution in [-0.2, 0) is 55.7 Å². The number of rotatable bonds is 15. The minimum atomic E-state index is -4.42. The van der Waals surface area contributed by atoms with E-state index in [9.17, 15) is 13.2 Å². The first kappa shape index (κ1) is 37.5. The average molecular weight is 733 g/mol. The zero-order valence-electron chi connectivity index (χ0n) is 28.6. The van der Waals surface area contributed by atoms with E-state index in [-0.39, 0.29) is 19.0 Å². The van der Waals surface area contributed by atoms with Crippen LogP contribution in [0.3, 0.4) is 0 Å². The predicted molar refractivity (Wildman–Crippen MR) is 192 cm³/mol. The zero-order valence-corrected chi connectivity index (χ0v) is 29.4. The van der Waals surface area contributed by atoms with Gasteiger partial charge in [0.25, 0.3) is 0 Å². The van der Waals surface area contributed by atoms with Gasteiger partial charge < -0.3 is 28.4 Å². The molecule has 0 spiro atoms. The van der Waals surface area contributed by atoms with Crippen LogP contribution in [0.1, 0.15) is 33.4 Å². The van der Waals surface area contributed by atoms with Gasteiger partial charge in [0, 0.05) is 17.7 Å². The van der Waals surface area contributed by atoms with E-state index in [0.717, 1.165) is 27.8 Å². The van der Waals surface area contributed by atoms with E-state index >= 15 is 0 Å². The SMILES string of the molecule is COC1(c2ccc(Cl)c(Cc3ccc(OCC(F)(F)F)cc3)c2)OCC(OCc2ccccc2)C(OCc2ccccc2)C1OCc1ccccc1. The summed E-state index contributed by atoms with van der Waals surface area (Å²) in [4.78, 5) is 0. The van der Waals surface area contributed by atoms with Crippen LogP contribution in [-0.4, -0.2) is 44.8 Å². The van der Waals surface area contributed by atoms with Crippen molar-refractivity contribution in [3.63, 3.8) is 0 Å². The van der Waals surface area contributed by atoms with Crippen molar-refractivity contribution in [3.05, 3.63) is 172 Å². The van der Waals surface area contributed by atoms with Gasteiger partial charge in [0.15, 0.2) is 6.61 Å². The molecule has 6 rings (SSSR count). The molecule has 1 aliphatic heterocycles. The van der Waals surface area contributed by atoms with Gasteiger partial charge in [-0.15, -0.1) is 0 Å². The third-order valence-electron chi connectivity index (χ3n) is 8.84. The van der Waals surface area contributed by atoms with Gasteiger partial charge >= 0.3 is 6.18 Å². The maximum absolute atomic E-state index is 12.7. The second kappa shape index (κ2) is 17.5. The molecule has 272 valence electrons. The lowest BCUT2D eigenvalue weighted by Gasteiger charge is -2.49. The fourth-order valence-electron chi connectivity index (χ4n) is 6.20. The first-order valence-corrected chi connectivity index (χ1v) is 17.3. The highest BCUT2D eigenvalue weighted by Crippen LogP contribution is 2.42. The highest BCUT2D eigenvalue weighted by molar-refractivity contribution is 6.31. The summed E-state index contributed by atoms with van der Waals surface area (Å²) in [6.07, 6.45) is -6.00. The number of halogens is 4. The quantitative estimate of drug-likeness (QED) is 0.107. The summed E-state index contributed by atoms with van der Waals surface area (Å²) in [6, 6.07) is 41.6. The number of alkyl halides is 3. The van der Waals surface area contributed by atoms with Crippen molar-refractivity contribution < 1.29 is 41.6 Å². The van der Waals surface area contributed by atoms with Gasteiger partial charge in [-0.25, -0.2) is 0 Å². The molecule has 5 aromatic carbocycles. The molecule has 0 saturated carbocycles. The Kier molecular flexibility index (Phi) is 12.7. The first-order chi connectivity index (χ1) is 25.2. The lowest BCUT2D eigenvalue weighted by atomic mass is 9.88. The molecule has 5 aromatic rings. The molecule has 4 unspecified atom stereocenters. The molecule has 52 heavy (non-hydrogen) atoms. The van der Waals surface area contributed by atoms with E-state index in [4.69, 9.17) is 40.0 Å². The van der Waals surface area contributed by atoms with Crippen molar-refractivity contribution >= 4 is 11.6 Å². The van der Waals surface area contributed by atoms with E-state index in [1.807, 2.05) is 103 Å². The average Bonchev–Trinajstić information content (AvgIpc) is 3.17. The number of hydrogen-bond acceptors (Lipinski definition) is 6. The molecule has 1 saturated heterocycles. The van der Waals surface area contributed by atoms with Crippen molar-refractivity contribution in [2.24, 2.45) is 0 Å². The van der Waals surface area contributed by atoms with Crippen molar-refractivity contribution in [3.8, 4) is 5.75 Å². The molecule has 0 bridgehead atoms. The summed E-state index contributed by atoms with van der Waals surface area (Å²) in [5, 5.41) is 0.505. The fraction of sp³-hybridized carbons (Fsp3) is 0.286. The van der Waals surface area contributed by atoms with Gasteiger partial charge in [-0.2, -0.15) is 13.2 Å². The van der Waals surface area contributed by atoms with Gasteiger partial charge in [0.1, 0.15) is 24.1 Å². The molecule has 10 heteroatoms. The monoisotopic (exact) mass is 732 g/mol. The van der Waals surface area contributed by atoms with Crippen molar-refractivity contribution in [2.45, 2.75) is 56.5 Å². The number of methoxy groups -OCH3 is 1. The third kappa shape index (κ3) is 9.80. The van der Waals surface area contributed by atoms with Crippen LogP contribution >= 0.6 is 11.6 Å². The van der Waals surface area contributed by atoms with E-state index in [0.29, 0.717) is 30.2 Å². The van der Waals surface area contributed by atoms with E-state index in [2.05, 4.69) is 0 Å². The lowest BCUT2D eigenvalue weighted by molar-refractivity contribution is -0.360. The molecular weight excluding hydrogens is 693 g/mol. The van der Waals surface area contributed by atoms with Gasteiger partial charge in [-0.3, -0.25) is 0 Å². The number of hydrogen-bond donors (Lipinski definition) is 0. The Labute approximate surface area is 307 Å². The Balaban J connectivity index is 1.32. The zero-order chi connectivity index (χ0) is 36.4. The highest BCUT2D eigenvalue weighted by atomic mass is 35.5. The first-order valence-electron chi connectivity index (χ1n) is 17.0. The lowest BCUT2D eigenvalue weighted by Crippen LogP contribution is -2.62. The standard InChI is InChI=1S/C42H40ClF3O6/c1-47-42(35-19-22-37(43)34(24-35)23-30-17-20-36(21-18-30)51-29-41(44,45)46)40(50-27-33-15-9-4-10-16-33)39(49-26-32-13-7-3-8-14-32)38(28-52-42)48-25-31-11-5-2-6-12-31/h2-22,24,38-40H,23,25-29H2,1H3. The van der Waals surface area contributed by atoms with Gasteiger partial charge in [0.05, 0.1) is 26.4 Å². The van der Waals surface area contributed by atoms with E-state index in [1.165, 1.54) is 12.1 Å². The Morgan fingerprint density at radius 2 is 1.25 bits per heavy atom. The van der Waals surface area contributed by atoms with Crippen molar-refractivity contribution in [1.29, 1.82) is 0 Å². The molecule has 4 atom stereocenters. The summed E-state index contributed by atoms with van der Waals surface area (Å²) in [5.41, 5.74) is 5.20. The second-order valence-corrected chi connectivity index (χ2v) is 12.9. The second-order valence-electron chi connectivity index (χ2n) is 12.5. The summed E-state index contributed by atoms with van der Waals surface area (Å²) >= 11 is 6.74. The Morgan fingerprint density at radius 1 is 0.692 bits per heavy atom. The fourth-order valence-corrected chi connectivity index (χ4v) is 6.38. The van der Waals surface area contributed by atoms with Crippen LogP contribution in [0.4, 0.5) is 13.2 Å². The summed E-state index contributed by atoms with van der Waals surface area (Å²) < 4.78 is 75.9. The van der Waals surface area contributed by atoms with E-state index in [1.54, 1.807) is 25.3 Å². The molecular formula is C42H40ClF3O6. The Hall–Kier alpha value is -4.22. The van der Waals surface area contributed by atoms with Crippen LogP contribution in [0.25, 0.3) is 0 Å². The normalized spacial score (nSPS) is 20.4. The third-order valence-corrected chi connectivity index (χ3v) is 9.21. The van der Waals surface area contributed by atoms with Crippen LogP contribution in [0.15, 0.2) is 133 Å². The summed E-state index contributed by atoms with van der Waals surface area (Å²) in [5.74, 6) is -1.31. The van der Waals surface area contributed by atoms with Crippen LogP contribution < -0.4 is 4.74 Å². The van der Waals surface area contributed by atoms with Crippen LogP contribution in [0, 0.1) is 0 Å². The number of ether oxygens (including phenoxy) is 6. The molecule has 0 aliphatic carbocycles. The topological polar surface area (TPSA) is 55.4 Å². The summed E-state index contributed by atoms with van der Waals surface area (Å²) in [7, 11) is 1.58. The Morgan fingerprint density at radius 3 is 1.81 bits per heavy atom. The molecule has 1 heterocycles. The molecule has 0 amide bonds. The van der Waals surface area contributed by atoms with Crippen LogP contribution in [0.2, 0.25) is 5.02 Å². The van der Waals surface area contributed by atoms with Gasteiger partial charge in [0.2, 0.25) is 5.79 Å². The minimum absolute atomic E-state index is 0.124. The molecule has 1 aliphatic rings. The van der Waals surface area contributed by atoms with E-state index < -0.39 is 36.9 Å². The number of benzene rings is 5.